The molecule has 0 spiro atoms. The summed E-state index contributed by atoms with van der Waals surface area (Å²) in [6, 6.07) is 8.67. The number of nitrogens with zero attached hydrogens (tertiary/aromatic N) is 3. The Morgan fingerprint density at radius 3 is 2.86 bits per heavy atom. The molecule has 1 unspecified atom stereocenters. The quantitative estimate of drug-likeness (QED) is 0.634. The van der Waals surface area contributed by atoms with Crippen LogP contribution in [0.2, 0.25) is 5.02 Å². The number of ether oxygens (including phenoxy) is 1. The number of hydrogen-bond donors (Lipinski definition) is 0. The maximum atomic E-state index is 13.1. The molecule has 0 bridgehead atoms. The van der Waals surface area contributed by atoms with Crippen molar-refractivity contribution in [1.29, 1.82) is 0 Å². The highest BCUT2D eigenvalue weighted by Crippen LogP contribution is 2.19. The molecule has 0 aliphatic carbocycles. The van der Waals surface area contributed by atoms with Crippen LogP contribution in [0.15, 0.2) is 51.9 Å². The molecule has 0 saturated carbocycles. The molecule has 1 aliphatic rings. The van der Waals surface area contributed by atoms with Gasteiger partial charge < -0.3 is 14.1 Å². The zero-order valence-corrected chi connectivity index (χ0v) is 16.0. The summed E-state index contributed by atoms with van der Waals surface area (Å²) in [5, 5.41) is 0.470. The minimum atomic E-state index is -0.577. The average molecular weight is 402 g/mol. The van der Waals surface area contributed by atoms with Crippen LogP contribution in [0.1, 0.15) is 18.4 Å². The van der Waals surface area contributed by atoms with Crippen LogP contribution in [0.4, 0.5) is 0 Å². The molecule has 1 atom stereocenters. The SMILES string of the molecule is O=C(Cn1c(=O)oc2cc(Cl)ccc21)N(Cc1ccncc1)CC1CCCO1. The maximum absolute atomic E-state index is 13.1. The molecule has 8 heteroatoms. The van der Waals surface area contributed by atoms with Gasteiger partial charge in [0.2, 0.25) is 5.91 Å². The van der Waals surface area contributed by atoms with Crippen molar-refractivity contribution in [2.45, 2.75) is 32.0 Å². The first-order valence-electron chi connectivity index (χ1n) is 9.17. The van der Waals surface area contributed by atoms with E-state index in [4.69, 9.17) is 20.8 Å². The lowest BCUT2D eigenvalue weighted by molar-refractivity contribution is -0.134. The van der Waals surface area contributed by atoms with Crippen LogP contribution in [0.25, 0.3) is 11.1 Å². The average Bonchev–Trinajstić information content (AvgIpc) is 3.30. The molecule has 2 aromatic heterocycles. The van der Waals surface area contributed by atoms with Crippen molar-refractivity contribution in [1.82, 2.24) is 14.5 Å². The number of oxazole rings is 1. The predicted molar refractivity (Wildman–Crippen MR) is 104 cm³/mol. The van der Waals surface area contributed by atoms with E-state index in [-0.39, 0.29) is 18.6 Å². The van der Waals surface area contributed by atoms with Gasteiger partial charge in [-0.1, -0.05) is 11.6 Å². The van der Waals surface area contributed by atoms with E-state index >= 15 is 0 Å². The van der Waals surface area contributed by atoms with Gasteiger partial charge in [0.1, 0.15) is 6.54 Å². The zero-order valence-electron chi connectivity index (χ0n) is 15.2. The van der Waals surface area contributed by atoms with Gasteiger partial charge in [-0.3, -0.25) is 14.3 Å². The number of pyridine rings is 1. The summed E-state index contributed by atoms with van der Waals surface area (Å²) in [7, 11) is 0. The van der Waals surface area contributed by atoms with Gasteiger partial charge in [-0.25, -0.2) is 4.79 Å². The lowest BCUT2D eigenvalue weighted by Crippen LogP contribution is -2.40. The van der Waals surface area contributed by atoms with Crippen LogP contribution in [-0.2, 0) is 22.6 Å². The molecule has 7 nitrogen and oxygen atoms in total. The van der Waals surface area contributed by atoms with Gasteiger partial charge in [0, 0.05) is 43.2 Å². The first-order valence-corrected chi connectivity index (χ1v) is 9.55. The summed E-state index contributed by atoms with van der Waals surface area (Å²) in [6.45, 7) is 1.52. The van der Waals surface area contributed by atoms with Crippen LogP contribution in [0, 0.1) is 0 Å². The third-order valence-electron chi connectivity index (χ3n) is 4.85. The Labute approximate surface area is 166 Å². The molecule has 146 valence electrons. The van der Waals surface area contributed by atoms with Crippen LogP contribution in [0.3, 0.4) is 0 Å². The van der Waals surface area contributed by atoms with E-state index in [1.165, 1.54) is 4.57 Å². The van der Waals surface area contributed by atoms with E-state index in [1.807, 2.05) is 12.1 Å². The number of amides is 1. The molecule has 0 N–H and O–H groups in total. The number of fused-ring (bicyclic) bond motifs is 1. The van der Waals surface area contributed by atoms with E-state index < -0.39 is 5.76 Å². The fraction of sp³-hybridized carbons (Fsp3) is 0.350. The van der Waals surface area contributed by atoms with Gasteiger partial charge >= 0.3 is 5.76 Å². The van der Waals surface area contributed by atoms with Crippen molar-refractivity contribution in [2.75, 3.05) is 13.2 Å². The molecule has 28 heavy (non-hydrogen) atoms. The Bertz CT molecular complexity index is 1020. The molecule has 1 amide bonds. The van der Waals surface area contributed by atoms with Crippen molar-refractivity contribution < 1.29 is 13.9 Å². The summed E-state index contributed by atoms with van der Waals surface area (Å²) in [5.74, 6) is -0.751. The summed E-state index contributed by atoms with van der Waals surface area (Å²) in [6.07, 6.45) is 5.33. The maximum Gasteiger partial charge on any atom is 0.420 e. The molecule has 3 heterocycles. The molecule has 3 aromatic rings. The topological polar surface area (TPSA) is 77.6 Å². The Kier molecular flexibility index (Phi) is 5.45. The van der Waals surface area contributed by atoms with Crippen molar-refractivity contribution in [3.05, 3.63) is 63.9 Å². The molecule has 1 fully saturated rings. The number of aromatic nitrogens is 2. The van der Waals surface area contributed by atoms with Crippen molar-refractivity contribution >= 4 is 28.6 Å². The Morgan fingerprint density at radius 1 is 1.29 bits per heavy atom. The van der Waals surface area contributed by atoms with Gasteiger partial charge in [0.05, 0.1) is 11.6 Å². The fourth-order valence-corrected chi connectivity index (χ4v) is 3.58. The van der Waals surface area contributed by atoms with Crippen LogP contribution < -0.4 is 5.76 Å². The molecule has 0 radical (unpaired) electrons. The zero-order chi connectivity index (χ0) is 19.5. The molecular weight excluding hydrogens is 382 g/mol. The van der Waals surface area contributed by atoms with Crippen LogP contribution >= 0.6 is 11.6 Å². The van der Waals surface area contributed by atoms with Gasteiger partial charge in [0.25, 0.3) is 0 Å². The van der Waals surface area contributed by atoms with Crippen LogP contribution in [0.5, 0.6) is 0 Å². The van der Waals surface area contributed by atoms with Crippen molar-refractivity contribution in [3.63, 3.8) is 0 Å². The van der Waals surface area contributed by atoms with Gasteiger partial charge in [-0.2, -0.15) is 0 Å². The van der Waals surface area contributed by atoms with E-state index in [0.29, 0.717) is 35.8 Å². The summed E-state index contributed by atoms with van der Waals surface area (Å²) in [5.41, 5.74) is 1.88. The highest BCUT2D eigenvalue weighted by atomic mass is 35.5. The molecule has 1 saturated heterocycles. The number of carbonyl (C=O) groups is 1. The normalized spacial score (nSPS) is 16.5. The highest BCUT2D eigenvalue weighted by molar-refractivity contribution is 6.31. The monoisotopic (exact) mass is 401 g/mol. The number of benzene rings is 1. The number of hydrogen-bond acceptors (Lipinski definition) is 5. The van der Waals surface area contributed by atoms with Crippen LogP contribution in [-0.4, -0.2) is 39.6 Å². The fourth-order valence-electron chi connectivity index (χ4n) is 3.42. The third-order valence-corrected chi connectivity index (χ3v) is 5.08. The lowest BCUT2D eigenvalue weighted by Gasteiger charge is -2.25. The van der Waals surface area contributed by atoms with E-state index in [0.717, 1.165) is 18.4 Å². The standard InChI is InChI=1S/C20H20ClN3O4/c21-15-3-4-17-18(10-15)28-20(26)24(17)13-19(25)23(12-16-2-1-9-27-16)11-14-5-7-22-8-6-14/h3-8,10,16H,1-2,9,11-13H2. The summed E-state index contributed by atoms with van der Waals surface area (Å²) in [4.78, 5) is 31.1. The number of rotatable bonds is 6. The van der Waals surface area contributed by atoms with E-state index in [9.17, 15) is 9.59 Å². The van der Waals surface area contributed by atoms with Crippen molar-refractivity contribution in [3.8, 4) is 0 Å². The Hall–Kier alpha value is -2.64. The smallest absolute Gasteiger partial charge is 0.408 e. The van der Waals surface area contributed by atoms with E-state index in [2.05, 4.69) is 4.98 Å². The second-order valence-electron chi connectivity index (χ2n) is 6.83. The number of carbonyl (C=O) groups excluding carboxylic acids is 1. The minimum Gasteiger partial charge on any atom is -0.408 e. The van der Waals surface area contributed by atoms with Gasteiger partial charge in [0.15, 0.2) is 5.58 Å². The number of halogens is 1. The highest BCUT2D eigenvalue weighted by Gasteiger charge is 2.24. The first kappa shape index (κ1) is 18.7. The second-order valence-corrected chi connectivity index (χ2v) is 7.27. The second kappa shape index (κ2) is 8.16. The largest absolute Gasteiger partial charge is 0.420 e. The molecule has 1 aromatic carbocycles. The Balaban J connectivity index is 1.58. The van der Waals surface area contributed by atoms with Gasteiger partial charge in [-0.05, 0) is 42.7 Å². The molecule has 4 rings (SSSR count). The Morgan fingerprint density at radius 2 is 2.11 bits per heavy atom. The van der Waals surface area contributed by atoms with Crippen molar-refractivity contribution in [2.24, 2.45) is 0 Å². The molecular formula is C20H20ClN3O4. The van der Waals surface area contributed by atoms with E-state index in [1.54, 1.807) is 35.5 Å². The minimum absolute atomic E-state index is 0.0161. The lowest BCUT2D eigenvalue weighted by atomic mass is 10.2. The van der Waals surface area contributed by atoms with Gasteiger partial charge in [-0.15, -0.1) is 0 Å². The summed E-state index contributed by atoms with van der Waals surface area (Å²) >= 11 is 5.96. The summed E-state index contributed by atoms with van der Waals surface area (Å²) < 4.78 is 12.3. The molecule has 1 aliphatic heterocycles. The predicted octanol–water partition coefficient (Wildman–Crippen LogP) is 2.85. The first-order chi connectivity index (χ1) is 13.6. The third kappa shape index (κ3) is 4.10.